The normalized spacial score (nSPS) is 19.6. The van der Waals surface area contributed by atoms with Crippen LogP contribution in [0.25, 0.3) is 6.08 Å². The Kier molecular flexibility index (Phi) is 4.77. The quantitative estimate of drug-likeness (QED) is 0.791. The van der Waals surface area contributed by atoms with Crippen molar-refractivity contribution in [3.8, 4) is 11.5 Å². The van der Waals surface area contributed by atoms with Crippen molar-refractivity contribution >= 4 is 11.9 Å². The van der Waals surface area contributed by atoms with Crippen LogP contribution in [-0.4, -0.2) is 19.0 Å². The lowest BCUT2D eigenvalue weighted by molar-refractivity contribution is -0.117. The first kappa shape index (κ1) is 15.3. The summed E-state index contributed by atoms with van der Waals surface area (Å²) in [7, 11) is 1.64. The lowest BCUT2D eigenvalue weighted by Crippen LogP contribution is -2.28. The van der Waals surface area contributed by atoms with Crippen molar-refractivity contribution in [2.24, 2.45) is 0 Å². The maximum atomic E-state index is 12.4. The molecule has 0 aliphatic heterocycles. The van der Waals surface area contributed by atoms with Crippen LogP contribution in [-0.2, 0) is 4.79 Å². The molecule has 3 heteroatoms. The summed E-state index contributed by atoms with van der Waals surface area (Å²) in [4.78, 5) is 12.4. The van der Waals surface area contributed by atoms with Gasteiger partial charge < -0.3 is 9.47 Å². The highest BCUT2D eigenvalue weighted by Crippen LogP contribution is 2.29. The minimum atomic E-state index is -0.205. The van der Waals surface area contributed by atoms with Crippen LogP contribution < -0.4 is 9.47 Å². The molecule has 0 aromatic heterocycles. The summed E-state index contributed by atoms with van der Waals surface area (Å²) in [6, 6.07) is 17.4. The fourth-order valence-electron chi connectivity index (χ4n) is 2.84. The van der Waals surface area contributed by atoms with Crippen LogP contribution in [0.2, 0.25) is 0 Å². The third kappa shape index (κ3) is 3.62. The fourth-order valence-corrected chi connectivity index (χ4v) is 2.84. The van der Waals surface area contributed by atoms with Gasteiger partial charge in [0.2, 0.25) is 0 Å². The highest BCUT2D eigenvalue weighted by Gasteiger charge is 2.27. The number of ether oxygens (including phenoxy) is 2. The minimum absolute atomic E-state index is 0.156. The van der Waals surface area contributed by atoms with Gasteiger partial charge in [-0.15, -0.1) is 0 Å². The van der Waals surface area contributed by atoms with Crippen molar-refractivity contribution in [2.45, 2.75) is 25.4 Å². The Morgan fingerprint density at radius 3 is 2.57 bits per heavy atom. The van der Waals surface area contributed by atoms with E-state index in [9.17, 15) is 4.79 Å². The van der Waals surface area contributed by atoms with Crippen molar-refractivity contribution in [1.82, 2.24) is 0 Å². The molecule has 1 fully saturated rings. The predicted molar refractivity (Wildman–Crippen MR) is 90.7 cm³/mol. The highest BCUT2D eigenvalue weighted by molar-refractivity contribution is 6.01. The van der Waals surface area contributed by atoms with E-state index in [1.807, 2.05) is 60.7 Å². The molecule has 0 heterocycles. The van der Waals surface area contributed by atoms with Crippen molar-refractivity contribution < 1.29 is 14.3 Å². The Labute approximate surface area is 136 Å². The molecule has 2 aromatic carbocycles. The molecule has 0 saturated heterocycles. The third-order valence-corrected chi connectivity index (χ3v) is 4.01. The molecule has 3 rings (SSSR count). The molecule has 0 radical (unpaired) electrons. The van der Waals surface area contributed by atoms with Crippen molar-refractivity contribution in [3.63, 3.8) is 0 Å². The number of rotatable bonds is 4. The zero-order valence-corrected chi connectivity index (χ0v) is 13.2. The van der Waals surface area contributed by atoms with Crippen LogP contribution in [0.4, 0.5) is 0 Å². The average Bonchev–Trinajstić information content (AvgIpc) is 2.59. The standard InChI is InChI=1S/C20H20O3/c1-22-19-12-6-5-8-15(19)14-17-18(21)11-7-13-20(17)23-16-9-3-2-4-10-16/h2-6,8-10,12,14,20H,7,11,13H2,1H3. The summed E-state index contributed by atoms with van der Waals surface area (Å²) in [5.74, 6) is 1.71. The van der Waals surface area contributed by atoms with Gasteiger partial charge in [0.25, 0.3) is 0 Å². The molecular formula is C20H20O3. The Morgan fingerprint density at radius 2 is 1.78 bits per heavy atom. The van der Waals surface area contributed by atoms with E-state index in [-0.39, 0.29) is 11.9 Å². The molecule has 1 saturated carbocycles. The maximum absolute atomic E-state index is 12.4. The van der Waals surface area contributed by atoms with E-state index in [4.69, 9.17) is 9.47 Å². The third-order valence-electron chi connectivity index (χ3n) is 4.01. The van der Waals surface area contributed by atoms with Gasteiger partial charge in [-0.2, -0.15) is 0 Å². The summed E-state index contributed by atoms with van der Waals surface area (Å²) in [5.41, 5.74) is 1.63. The Hall–Kier alpha value is -2.55. The zero-order chi connectivity index (χ0) is 16.1. The summed E-state index contributed by atoms with van der Waals surface area (Å²) in [6.45, 7) is 0. The second-order valence-corrected chi connectivity index (χ2v) is 5.58. The fraction of sp³-hybridized carbons (Fsp3) is 0.250. The predicted octanol–water partition coefficient (Wildman–Crippen LogP) is 4.28. The van der Waals surface area contributed by atoms with Crippen LogP contribution in [0, 0.1) is 0 Å². The molecule has 1 aliphatic rings. The first-order chi connectivity index (χ1) is 11.3. The monoisotopic (exact) mass is 308 g/mol. The lowest BCUT2D eigenvalue weighted by atomic mass is 9.89. The summed E-state index contributed by atoms with van der Waals surface area (Å²) in [6.07, 6.45) is 3.99. The molecule has 0 N–H and O–H groups in total. The minimum Gasteiger partial charge on any atom is -0.496 e. The molecular weight excluding hydrogens is 288 g/mol. The van der Waals surface area contributed by atoms with Gasteiger partial charge >= 0.3 is 0 Å². The van der Waals surface area contributed by atoms with Crippen LogP contribution in [0.1, 0.15) is 24.8 Å². The van der Waals surface area contributed by atoms with E-state index in [0.29, 0.717) is 6.42 Å². The van der Waals surface area contributed by atoms with Crippen molar-refractivity contribution in [2.75, 3.05) is 7.11 Å². The summed E-state index contributed by atoms with van der Waals surface area (Å²) in [5, 5.41) is 0. The van der Waals surface area contributed by atoms with E-state index in [2.05, 4.69) is 0 Å². The van der Waals surface area contributed by atoms with E-state index in [1.165, 1.54) is 0 Å². The second-order valence-electron chi connectivity index (χ2n) is 5.58. The molecule has 1 unspecified atom stereocenters. The SMILES string of the molecule is COc1ccccc1C=C1C(=O)CCCC1Oc1ccccc1. The molecule has 3 nitrogen and oxygen atoms in total. The number of hydrogen-bond donors (Lipinski definition) is 0. The largest absolute Gasteiger partial charge is 0.496 e. The van der Waals surface area contributed by atoms with Gasteiger partial charge in [0, 0.05) is 17.6 Å². The number of benzene rings is 2. The molecule has 0 amide bonds. The van der Waals surface area contributed by atoms with E-state index in [0.717, 1.165) is 35.5 Å². The van der Waals surface area contributed by atoms with Gasteiger partial charge in [0.05, 0.1) is 7.11 Å². The zero-order valence-electron chi connectivity index (χ0n) is 13.2. The number of para-hydroxylation sites is 2. The Morgan fingerprint density at radius 1 is 1.04 bits per heavy atom. The van der Waals surface area contributed by atoms with E-state index >= 15 is 0 Å². The smallest absolute Gasteiger partial charge is 0.162 e. The number of carbonyl (C=O) groups is 1. The summed E-state index contributed by atoms with van der Waals surface area (Å²) >= 11 is 0. The molecule has 23 heavy (non-hydrogen) atoms. The van der Waals surface area contributed by atoms with Gasteiger partial charge in [-0.05, 0) is 37.1 Å². The first-order valence-electron chi connectivity index (χ1n) is 7.87. The lowest BCUT2D eigenvalue weighted by Gasteiger charge is -2.25. The molecule has 0 spiro atoms. The van der Waals surface area contributed by atoms with Crippen LogP contribution in [0.3, 0.4) is 0 Å². The topological polar surface area (TPSA) is 35.5 Å². The van der Waals surface area contributed by atoms with Gasteiger partial charge in [-0.3, -0.25) is 4.79 Å². The Balaban J connectivity index is 1.92. The van der Waals surface area contributed by atoms with Gasteiger partial charge in [0.1, 0.15) is 17.6 Å². The second kappa shape index (κ2) is 7.14. The number of hydrogen-bond acceptors (Lipinski definition) is 3. The van der Waals surface area contributed by atoms with Gasteiger partial charge in [0.15, 0.2) is 5.78 Å². The number of Topliss-reactive ketones (excluding diaryl/α,β-unsaturated/α-hetero) is 1. The first-order valence-corrected chi connectivity index (χ1v) is 7.87. The number of carbonyl (C=O) groups excluding carboxylic acids is 1. The van der Waals surface area contributed by atoms with Gasteiger partial charge in [-0.1, -0.05) is 36.4 Å². The Bertz CT molecular complexity index is 704. The van der Waals surface area contributed by atoms with E-state index in [1.54, 1.807) is 7.11 Å². The number of ketones is 1. The van der Waals surface area contributed by atoms with Crippen LogP contribution in [0.5, 0.6) is 11.5 Å². The van der Waals surface area contributed by atoms with Crippen LogP contribution >= 0.6 is 0 Å². The average molecular weight is 308 g/mol. The molecule has 118 valence electrons. The molecule has 0 bridgehead atoms. The van der Waals surface area contributed by atoms with Gasteiger partial charge in [-0.25, -0.2) is 0 Å². The van der Waals surface area contributed by atoms with Crippen molar-refractivity contribution in [1.29, 1.82) is 0 Å². The van der Waals surface area contributed by atoms with Crippen molar-refractivity contribution in [3.05, 3.63) is 65.7 Å². The summed E-state index contributed by atoms with van der Waals surface area (Å²) < 4.78 is 11.4. The molecule has 1 aliphatic carbocycles. The van der Waals surface area contributed by atoms with Crippen LogP contribution in [0.15, 0.2) is 60.2 Å². The molecule has 1 atom stereocenters. The highest BCUT2D eigenvalue weighted by atomic mass is 16.5. The maximum Gasteiger partial charge on any atom is 0.162 e. The molecule has 2 aromatic rings. The number of methoxy groups -OCH3 is 1. The van der Waals surface area contributed by atoms with E-state index < -0.39 is 0 Å².